The average molecular weight is 471 g/mol. The van der Waals surface area contributed by atoms with Gasteiger partial charge in [0.15, 0.2) is 5.76 Å². The van der Waals surface area contributed by atoms with Gasteiger partial charge in [0, 0.05) is 7.05 Å². The van der Waals surface area contributed by atoms with Crippen LogP contribution >= 0.6 is 0 Å². The highest BCUT2D eigenvalue weighted by atomic mass is 32.2. The first-order valence-electron chi connectivity index (χ1n) is 9.74. The molecule has 33 heavy (non-hydrogen) atoms. The molecular weight excluding hydrogens is 448 g/mol. The van der Waals surface area contributed by atoms with Gasteiger partial charge in [0.25, 0.3) is 17.7 Å². The number of anilines is 1. The van der Waals surface area contributed by atoms with E-state index >= 15 is 0 Å². The number of rotatable bonds is 7. The SMILES string of the molecule is Cc1ccc(S(=O)(=O)N(C)CC(=O)NNC(=O)c2ccccc2NC(=O)c2ccco2)cc1. The van der Waals surface area contributed by atoms with Gasteiger partial charge in [-0.05, 0) is 43.3 Å². The average Bonchev–Trinajstić information content (AvgIpc) is 3.33. The van der Waals surface area contributed by atoms with Crippen LogP contribution in [0.5, 0.6) is 0 Å². The molecule has 10 nitrogen and oxygen atoms in total. The molecule has 0 aliphatic heterocycles. The lowest BCUT2D eigenvalue weighted by molar-refractivity contribution is -0.121. The van der Waals surface area contributed by atoms with Crippen LogP contribution in [0.4, 0.5) is 5.69 Å². The van der Waals surface area contributed by atoms with E-state index in [1.54, 1.807) is 30.3 Å². The van der Waals surface area contributed by atoms with E-state index in [9.17, 15) is 22.8 Å². The lowest BCUT2D eigenvalue weighted by atomic mass is 10.1. The minimum absolute atomic E-state index is 0.0497. The van der Waals surface area contributed by atoms with E-state index in [1.807, 2.05) is 6.92 Å². The van der Waals surface area contributed by atoms with Gasteiger partial charge in [-0.3, -0.25) is 25.2 Å². The van der Waals surface area contributed by atoms with Crippen molar-refractivity contribution in [3.8, 4) is 0 Å². The number of para-hydroxylation sites is 1. The zero-order chi connectivity index (χ0) is 24.0. The molecule has 3 rings (SSSR count). The topological polar surface area (TPSA) is 138 Å². The molecule has 0 saturated heterocycles. The van der Waals surface area contributed by atoms with E-state index in [0.717, 1.165) is 9.87 Å². The molecule has 1 heterocycles. The number of benzene rings is 2. The van der Waals surface area contributed by atoms with Gasteiger partial charge >= 0.3 is 0 Å². The Morgan fingerprint density at radius 2 is 1.61 bits per heavy atom. The summed E-state index contributed by atoms with van der Waals surface area (Å²) in [5.74, 6) is -1.94. The Balaban J connectivity index is 1.60. The molecule has 3 N–H and O–H groups in total. The fourth-order valence-electron chi connectivity index (χ4n) is 2.79. The molecule has 0 radical (unpaired) electrons. The zero-order valence-corrected chi connectivity index (χ0v) is 18.7. The predicted molar refractivity (Wildman–Crippen MR) is 120 cm³/mol. The monoisotopic (exact) mass is 470 g/mol. The summed E-state index contributed by atoms with van der Waals surface area (Å²) in [6.45, 7) is 1.31. The molecule has 2 aromatic carbocycles. The summed E-state index contributed by atoms with van der Waals surface area (Å²) in [6.07, 6.45) is 1.35. The maximum Gasteiger partial charge on any atom is 0.291 e. The van der Waals surface area contributed by atoms with Crippen molar-refractivity contribution in [2.75, 3.05) is 18.9 Å². The van der Waals surface area contributed by atoms with Gasteiger partial charge in [-0.25, -0.2) is 8.42 Å². The lowest BCUT2D eigenvalue weighted by Gasteiger charge is -2.17. The molecule has 1 aromatic heterocycles. The molecule has 11 heteroatoms. The molecule has 0 aliphatic rings. The van der Waals surface area contributed by atoms with Gasteiger partial charge in [0.2, 0.25) is 10.0 Å². The molecule has 0 unspecified atom stereocenters. The number of furan rings is 1. The fraction of sp³-hybridized carbons (Fsp3) is 0.136. The third-order valence-electron chi connectivity index (χ3n) is 4.58. The molecule has 0 aliphatic carbocycles. The van der Waals surface area contributed by atoms with Crippen LogP contribution in [0, 0.1) is 6.92 Å². The second-order valence-corrected chi connectivity index (χ2v) is 9.10. The summed E-state index contributed by atoms with van der Waals surface area (Å²) in [5, 5.41) is 2.56. The summed E-state index contributed by atoms with van der Waals surface area (Å²) in [4.78, 5) is 37.0. The Morgan fingerprint density at radius 1 is 0.909 bits per heavy atom. The highest BCUT2D eigenvalue weighted by Gasteiger charge is 2.23. The number of aryl methyl sites for hydroxylation is 1. The summed E-state index contributed by atoms with van der Waals surface area (Å²) >= 11 is 0. The first-order valence-corrected chi connectivity index (χ1v) is 11.2. The van der Waals surface area contributed by atoms with Crippen LogP contribution in [0.15, 0.2) is 76.2 Å². The van der Waals surface area contributed by atoms with Crippen LogP contribution in [0.25, 0.3) is 0 Å². The number of amides is 3. The number of hydrogen-bond donors (Lipinski definition) is 3. The third-order valence-corrected chi connectivity index (χ3v) is 6.39. The Kier molecular flexibility index (Phi) is 7.26. The number of hydrogen-bond acceptors (Lipinski definition) is 6. The van der Waals surface area contributed by atoms with Gasteiger partial charge in [-0.2, -0.15) is 4.31 Å². The van der Waals surface area contributed by atoms with Crippen LogP contribution in [0.2, 0.25) is 0 Å². The van der Waals surface area contributed by atoms with Gasteiger partial charge in [-0.1, -0.05) is 29.8 Å². The normalized spacial score (nSPS) is 11.1. The summed E-state index contributed by atoms with van der Waals surface area (Å²) in [5.41, 5.74) is 5.57. The largest absolute Gasteiger partial charge is 0.459 e. The van der Waals surface area contributed by atoms with Gasteiger partial charge < -0.3 is 9.73 Å². The van der Waals surface area contributed by atoms with Gasteiger partial charge in [-0.15, -0.1) is 0 Å². The van der Waals surface area contributed by atoms with E-state index in [2.05, 4.69) is 16.2 Å². The third kappa shape index (κ3) is 5.84. The molecule has 172 valence electrons. The highest BCUT2D eigenvalue weighted by Crippen LogP contribution is 2.17. The van der Waals surface area contributed by atoms with E-state index in [0.29, 0.717) is 0 Å². The molecule has 0 spiro atoms. The van der Waals surface area contributed by atoms with Crippen molar-refractivity contribution in [2.45, 2.75) is 11.8 Å². The van der Waals surface area contributed by atoms with E-state index in [1.165, 1.54) is 43.6 Å². The maximum atomic E-state index is 12.6. The van der Waals surface area contributed by atoms with E-state index in [4.69, 9.17) is 4.42 Å². The minimum atomic E-state index is -3.88. The fourth-order valence-corrected chi connectivity index (χ4v) is 3.92. The van der Waals surface area contributed by atoms with Gasteiger partial charge in [0.05, 0.1) is 29.0 Å². The number of sulfonamides is 1. The van der Waals surface area contributed by atoms with E-state index < -0.39 is 34.3 Å². The first-order chi connectivity index (χ1) is 15.7. The number of nitrogens with one attached hydrogen (secondary N) is 3. The van der Waals surface area contributed by atoms with Crippen LogP contribution in [0.1, 0.15) is 26.5 Å². The van der Waals surface area contributed by atoms with Gasteiger partial charge in [0.1, 0.15) is 0 Å². The zero-order valence-electron chi connectivity index (χ0n) is 17.9. The first kappa shape index (κ1) is 23.7. The van der Waals surface area contributed by atoms with Crippen LogP contribution < -0.4 is 16.2 Å². The molecule has 3 aromatic rings. The molecule has 0 saturated carbocycles. The van der Waals surface area contributed by atoms with Crippen molar-refractivity contribution in [1.82, 2.24) is 15.2 Å². The van der Waals surface area contributed by atoms with Crippen molar-refractivity contribution in [3.63, 3.8) is 0 Å². The van der Waals surface area contributed by atoms with Crippen LogP contribution in [-0.2, 0) is 14.8 Å². The Bertz CT molecular complexity index is 1250. The predicted octanol–water partition coefficient (Wildman–Crippen LogP) is 1.92. The smallest absolute Gasteiger partial charge is 0.291 e. The summed E-state index contributed by atoms with van der Waals surface area (Å²) in [7, 11) is -2.62. The number of likely N-dealkylation sites (N-methyl/N-ethyl adjacent to an activating group) is 1. The van der Waals surface area contributed by atoms with Crippen LogP contribution in [-0.4, -0.2) is 44.0 Å². The Labute approximate surface area is 190 Å². The number of nitrogens with zero attached hydrogens (tertiary/aromatic N) is 1. The summed E-state index contributed by atoms with van der Waals surface area (Å²) in [6, 6.07) is 15.4. The highest BCUT2D eigenvalue weighted by molar-refractivity contribution is 7.89. The van der Waals surface area contributed by atoms with Crippen molar-refractivity contribution in [1.29, 1.82) is 0 Å². The Hall–Kier alpha value is -3.96. The quantitative estimate of drug-likeness (QED) is 0.451. The second-order valence-electron chi connectivity index (χ2n) is 7.05. The standard InChI is InChI=1S/C22H22N4O6S/c1-15-9-11-16(12-10-15)33(30,31)26(2)14-20(27)24-25-21(28)17-6-3-4-7-18(17)23-22(29)19-8-5-13-32-19/h3-13H,14H2,1-2H3,(H,23,29)(H,24,27)(H,25,28). The number of carbonyl (C=O) groups excluding carboxylic acids is 3. The molecule has 0 fully saturated rings. The second kappa shape index (κ2) is 10.1. The van der Waals surface area contributed by atoms with Crippen molar-refractivity contribution in [3.05, 3.63) is 83.8 Å². The van der Waals surface area contributed by atoms with E-state index in [-0.39, 0.29) is 21.9 Å². The molecule has 0 bridgehead atoms. The number of carbonyl (C=O) groups is 3. The van der Waals surface area contributed by atoms with Crippen molar-refractivity contribution >= 4 is 33.4 Å². The molecule has 3 amide bonds. The summed E-state index contributed by atoms with van der Waals surface area (Å²) < 4.78 is 31.1. The maximum absolute atomic E-state index is 12.6. The number of hydrazine groups is 1. The minimum Gasteiger partial charge on any atom is -0.459 e. The van der Waals surface area contributed by atoms with Crippen LogP contribution in [0.3, 0.4) is 0 Å². The van der Waals surface area contributed by atoms with Crippen molar-refractivity contribution in [2.24, 2.45) is 0 Å². The van der Waals surface area contributed by atoms with Crippen molar-refractivity contribution < 1.29 is 27.2 Å². The lowest BCUT2D eigenvalue weighted by Crippen LogP contribution is -2.46. The Morgan fingerprint density at radius 3 is 2.27 bits per heavy atom. The molecular formula is C22H22N4O6S. The molecule has 0 atom stereocenters.